The van der Waals surface area contributed by atoms with Gasteiger partial charge in [-0.25, -0.2) is 0 Å². The molecule has 0 unspecified atom stereocenters. The maximum atomic E-state index is 2.25. The van der Waals surface area contributed by atoms with Crippen LogP contribution in [-0.2, 0) is 0 Å². The van der Waals surface area contributed by atoms with E-state index in [1.54, 1.807) is 11.5 Å². The summed E-state index contributed by atoms with van der Waals surface area (Å²) >= 11 is 0. The largest absolute Gasteiger partial charge is 0.0642 e. The summed E-state index contributed by atoms with van der Waals surface area (Å²) in [7, 11) is 0. The summed E-state index contributed by atoms with van der Waals surface area (Å²) in [6, 6.07) is 0. The Labute approximate surface area is 76.4 Å². The topological polar surface area (TPSA) is 0 Å². The molecule has 0 spiro atoms. The molecule has 0 aromatic heterocycles. The molecule has 0 amide bonds. The maximum Gasteiger partial charge on any atom is 0.0257 e. The van der Waals surface area contributed by atoms with Crippen LogP contribution >= 0.6 is 0 Å². The van der Waals surface area contributed by atoms with Crippen molar-refractivity contribution < 1.29 is 0 Å². The normalized spacial score (nSPS) is 19.8. The summed E-state index contributed by atoms with van der Waals surface area (Å²) in [6.07, 6.45) is 2.37. The molecule has 1 radical (unpaired) electrons. The first kappa shape index (κ1) is 9.57. The highest BCUT2D eigenvalue weighted by atomic mass is 14.3. The Morgan fingerprint density at radius 3 is 1.67 bits per heavy atom. The number of hydrogen-bond acceptors (Lipinski definition) is 0. The Morgan fingerprint density at radius 1 is 0.750 bits per heavy atom. The molecule has 12 heavy (non-hydrogen) atoms. The maximum absolute atomic E-state index is 2.25. The molecule has 0 bridgehead atoms. The minimum Gasteiger partial charge on any atom is -0.0642 e. The first-order valence-corrected chi connectivity index (χ1v) is 4.87. The predicted molar refractivity (Wildman–Crippen MR) is 54.9 cm³/mol. The van der Waals surface area contributed by atoms with Gasteiger partial charge in [-0.15, -0.1) is 0 Å². The summed E-state index contributed by atoms with van der Waals surface area (Å²) in [5.41, 5.74) is 6.13. The van der Waals surface area contributed by atoms with Crippen LogP contribution in [0.2, 0.25) is 0 Å². The van der Waals surface area contributed by atoms with Crippen LogP contribution in [0.1, 0.15) is 47.5 Å². The van der Waals surface area contributed by atoms with Gasteiger partial charge in [0.05, 0.1) is 0 Å². The van der Waals surface area contributed by atoms with Gasteiger partial charge in [-0.2, -0.15) is 0 Å². The molecule has 0 fully saturated rings. The van der Waals surface area contributed by atoms with E-state index in [2.05, 4.69) is 34.6 Å². The Morgan fingerprint density at radius 2 is 1.33 bits per heavy atom. The van der Waals surface area contributed by atoms with E-state index in [1.807, 2.05) is 0 Å². The van der Waals surface area contributed by atoms with Crippen molar-refractivity contribution in [2.24, 2.45) is 0 Å². The van der Waals surface area contributed by atoms with Gasteiger partial charge in [0.2, 0.25) is 0 Å². The van der Waals surface area contributed by atoms with Crippen LogP contribution in [0.3, 0.4) is 0 Å². The molecule has 0 saturated carbocycles. The van der Waals surface area contributed by atoms with Crippen molar-refractivity contribution in [3.05, 3.63) is 28.2 Å². The van der Waals surface area contributed by atoms with Gasteiger partial charge in [-0.05, 0) is 44.8 Å². The zero-order valence-electron chi connectivity index (χ0n) is 8.91. The van der Waals surface area contributed by atoms with Gasteiger partial charge in [-0.1, -0.05) is 25.0 Å². The second-order valence-corrected chi connectivity index (χ2v) is 3.54. The molecule has 0 heteroatoms. The van der Waals surface area contributed by atoms with E-state index < -0.39 is 0 Å². The van der Waals surface area contributed by atoms with Crippen LogP contribution in [0.25, 0.3) is 0 Å². The molecule has 67 valence electrons. The standard InChI is InChI=1S/C12H19/c1-6-11-9(4)8(3)10(5)12(11)7-2/h6-7H2,1-5H3. The van der Waals surface area contributed by atoms with Crippen molar-refractivity contribution in [3.63, 3.8) is 0 Å². The summed E-state index contributed by atoms with van der Waals surface area (Å²) < 4.78 is 0. The SMILES string of the molecule is CC[C]1C(C)=C(C)C(C)=C1CC. The van der Waals surface area contributed by atoms with Gasteiger partial charge in [-0.3, -0.25) is 0 Å². The molecule has 1 aliphatic carbocycles. The summed E-state index contributed by atoms with van der Waals surface area (Å²) in [4.78, 5) is 0. The zero-order valence-corrected chi connectivity index (χ0v) is 8.91. The average Bonchev–Trinajstić information content (AvgIpc) is 2.29. The lowest BCUT2D eigenvalue weighted by Gasteiger charge is -2.12. The number of rotatable bonds is 2. The molecule has 0 aromatic carbocycles. The fraction of sp³-hybridized carbons (Fsp3) is 0.583. The molecule has 0 aromatic rings. The predicted octanol–water partition coefficient (Wildman–Crippen LogP) is 4.05. The van der Waals surface area contributed by atoms with Crippen LogP contribution in [-0.4, -0.2) is 0 Å². The third-order valence-corrected chi connectivity index (χ3v) is 3.10. The van der Waals surface area contributed by atoms with Crippen molar-refractivity contribution in [3.8, 4) is 0 Å². The van der Waals surface area contributed by atoms with E-state index in [4.69, 9.17) is 0 Å². The van der Waals surface area contributed by atoms with Gasteiger partial charge in [0, 0.05) is 5.92 Å². The molecular weight excluding hydrogens is 144 g/mol. The van der Waals surface area contributed by atoms with E-state index >= 15 is 0 Å². The molecule has 0 nitrogen and oxygen atoms in total. The lowest BCUT2D eigenvalue weighted by atomic mass is 9.92. The molecular formula is C12H19. The molecule has 1 aliphatic rings. The molecule has 0 atom stereocenters. The summed E-state index contributed by atoms with van der Waals surface area (Å²) in [6.45, 7) is 11.2. The van der Waals surface area contributed by atoms with E-state index in [0.717, 1.165) is 0 Å². The molecule has 0 aliphatic heterocycles. The van der Waals surface area contributed by atoms with Gasteiger partial charge in [0.25, 0.3) is 0 Å². The third-order valence-electron chi connectivity index (χ3n) is 3.10. The Hall–Kier alpha value is -0.520. The van der Waals surface area contributed by atoms with Crippen molar-refractivity contribution in [1.29, 1.82) is 0 Å². The van der Waals surface area contributed by atoms with Crippen molar-refractivity contribution in [2.45, 2.75) is 47.5 Å². The highest BCUT2D eigenvalue weighted by molar-refractivity contribution is 5.57. The third kappa shape index (κ3) is 1.24. The Kier molecular flexibility index (Phi) is 2.76. The van der Waals surface area contributed by atoms with Crippen LogP contribution in [0.15, 0.2) is 22.3 Å². The molecule has 0 heterocycles. The second kappa shape index (κ2) is 3.47. The Bertz CT molecular complexity index is 241. The van der Waals surface area contributed by atoms with E-state index in [0.29, 0.717) is 0 Å². The summed E-state index contributed by atoms with van der Waals surface area (Å²) in [5.74, 6) is 1.59. The van der Waals surface area contributed by atoms with Crippen LogP contribution in [0.5, 0.6) is 0 Å². The second-order valence-electron chi connectivity index (χ2n) is 3.54. The fourth-order valence-electron chi connectivity index (χ4n) is 2.14. The minimum atomic E-state index is 1.18. The first-order chi connectivity index (χ1) is 5.63. The molecule has 0 saturated heterocycles. The van der Waals surface area contributed by atoms with Crippen LogP contribution in [0, 0.1) is 5.92 Å². The highest BCUT2D eigenvalue weighted by Gasteiger charge is 2.24. The molecule has 0 N–H and O–H groups in total. The smallest absolute Gasteiger partial charge is 0.0257 e. The van der Waals surface area contributed by atoms with Crippen molar-refractivity contribution >= 4 is 0 Å². The van der Waals surface area contributed by atoms with Gasteiger partial charge >= 0.3 is 0 Å². The first-order valence-electron chi connectivity index (χ1n) is 4.87. The van der Waals surface area contributed by atoms with Crippen LogP contribution < -0.4 is 0 Å². The zero-order chi connectivity index (χ0) is 9.30. The monoisotopic (exact) mass is 163 g/mol. The van der Waals surface area contributed by atoms with Gasteiger partial charge in [0.1, 0.15) is 0 Å². The fourth-order valence-corrected chi connectivity index (χ4v) is 2.14. The van der Waals surface area contributed by atoms with Crippen molar-refractivity contribution in [1.82, 2.24) is 0 Å². The van der Waals surface area contributed by atoms with E-state index in [9.17, 15) is 0 Å². The number of allylic oxidation sites excluding steroid dienone is 4. The quantitative estimate of drug-likeness (QED) is 0.576. The Balaban J connectivity index is 3.04. The lowest BCUT2D eigenvalue weighted by Crippen LogP contribution is -1.97. The lowest BCUT2D eigenvalue weighted by molar-refractivity contribution is 0.916. The van der Waals surface area contributed by atoms with Crippen molar-refractivity contribution in [2.75, 3.05) is 0 Å². The average molecular weight is 163 g/mol. The van der Waals surface area contributed by atoms with Gasteiger partial charge in [0.15, 0.2) is 0 Å². The highest BCUT2D eigenvalue weighted by Crippen LogP contribution is 2.41. The van der Waals surface area contributed by atoms with Gasteiger partial charge < -0.3 is 0 Å². The number of hydrogen-bond donors (Lipinski definition) is 0. The van der Waals surface area contributed by atoms with E-state index in [-0.39, 0.29) is 0 Å². The van der Waals surface area contributed by atoms with E-state index in [1.165, 1.54) is 29.6 Å². The molecule has 1 rings (SSSR count). The minimum absolute atomic E-state index is 1.18. The summed E-state index contributed by atoms with van der Waals surface area (Å²) in [5, 5.41) is 0. The van der Waals surface area contributed by atoms with Crippen LogP contribution in [0.4, 0.5) is 0 Å².